The second-order valence-corrected chi connectivity index (χ2v) is 4.81. The first kappa shape index (κ1) is 12.3. The van der Waals surface area contributed by atoms with Gasteiger partial charge >= 0.3 is 0 Å². The number of aryl methyl sites for hydroxylation is 1. The summed E-state index contributed by atoms with van der Waals surface area (Å²) in [6, 6.07) is 8.58. The number of nitrogens with one attached hydrogen (secondary N) is 1. The van der Waals surface area contributed by atoms with Crippen molar-refractivity contribution in [1.82, 2.24) is 20.1 Å². The van der Waals surface area contributed by atoms with Crippen LogP contribution in [-0.2, 0) is 13.5 Å². The fourth-order valence-electron chi connectivity index (χ4n) is 1.77. The zero-order chi connectivity index (χ0) is 12.3. The third kappa shape index (κ3) is 2.92. The van der Waals surface area contributed by atoms with E-state index >= 15 is 0 Å². The van der Waals surface area contributed by atoms with Crippen molar-refractivity contribution >= 4 is 15.9 Å². The standard InChI is InChI=1S/C12H15BrN4/c1-14-11(7-12-15-8-16-17(12)2)9-3-5-10(13)6-4-9/h3-6,8,11,14H,7H2,1-2H3. The molecule has 17 heavy (non-hydrogen) atoms. The molecule has 0 bridgehead atoms. The molecule has 0 aliphatic carbocycles. The average Bonchev–Trinajstić information content (AvgIpc) is 2.73. The maximum absolute atomic E-state index is 4.25. The fraction of sp³-hybridized carbons (Fsp3) is 0.333. The number of halogens is 1. The molecule has 0 saturated heterocycles. The van der Waals surface area contributed by atoms with Crippen LogP contribution in [0.3, 0.4) is 0 Å². The van der Waals surface area contributed by atoms with Crippen molar-refractivity contribution in [3.8, 4) is 0 Å². The summed E-state index contributed by atoms with van der Waals surface area (Å²) in [7, 11) is 3.87. The van der Waals surface area contributed by atoms with Crippen LogP contribution < -0.4 is 5.32 Å². The first-order valence-corrected chi connectivity index (χ1v) is 6.25. The van der Waals surface area contributed by atoms with Gasteiger partial charge in [0.1, 0.15) is 12.2 Å². The molecule has 2 rings (SSSR count). The van der Waals surface area contributed by atoms with Crippen LogP contribution in [0.25, 0.3) is 0 Å². The Kier molecular flexibility index (Phi) is 3.91. The van der Waals surface area contributed by atoms with Crippen LogP contribution >= 0.6 is 15.9 Å². The third-order valence-electron chi connectivity index (χ3n) is 2.81. The zero-order valence-corrected chi connectivity index (χ0v) is 11.5. The molecule has 0 fully saturated rings. The third-order valence-corrected chi connectivity index (χ3v) is 3.34. The van der Waals surface area contributed by atoms with Crippen molar-refractivity contribution in [2.45, 2.75) is 12.5 Å². The van der Waals surface area contributed by atoms with Gasteiger partial charge in [0, 0.05) is 24.0 Å². The number of aromatic nitrogens is 3. The SMILES string of the molecule is CNC(Cc1ncnn1C)c1ccc(Br)cc1. The number of likely N-dealkylation sites (N-methyl/N-ethyl adjacent to an activating group) is 1. The molecule has 2 aromatic rings. The first-order valence-electron chi connectivity index (χ1n) is 5.46. The Labute approximate surface area is 109 Å². The molecule has 1 aromatic heterocycles. The number of hydrogen-bond acceptors (Lipinski definition) is 3. The van der Waals surface area contributed by atoms with E-state index < -0.39 is 0 Å². The van der Waals surface area contributed by atoms with Crippen LogP contribution in [0.2, 0.25) is 0 Å². The minimum Gasteiger partial charge on any atom is -0.313 e. The van der Waals surface area contributed by atoms with Crippen LogP contribution in [0.4, 0.5) is 0 Å². The largest absolute Gasteiger partial charge is 0.313 e. The lowest BCUT2D eigenvalue weighted by molar-refractivity contribution is 0.553. The monoisotopic (exact) mass is 294 g/mol. The maximum atomic E-state index is 4.25. The van der Waals surface area contributed by atoms with Gasteiger partial charge in [0.05, 0.1) is 0 Å². The summed E-state index contributed by atoms with van der Waals surface area (Å²) >= 11 is 3.44. The van der Waals surface area contributed by atoms with Crippen LogP contribution in [0, 0.1) is 0 Å². The van der Waals surface area contributed by atoms with Crippen molar-refractivity contribution < 1.29 is 0 Å². The number of hydrogen-bond donors (Lipinski definition) is 1. The summed E-state index contributed by atoms with van der Waals surface area (Å²) in [5, 5.41) is 7.39. The molecule has 1 unspecified atom stereocenters. The molecule has 0 amide bonds. The molecule has 0 saturated carbocycles. The molecule has 1 N–H and O–H groups in total. The molecule has 0 spiro atoms. The van der Waals surface area contributed by atoms with Gasteiger partial charge in [-0.25, -0.2) is 4.98 Å². The van der Waals surface area contributed by atoms with Crippen molar-refractivity contribution in [3.05, 3.63) is 46.5 Å². The lowest BCUT2D eigenvalue weighted by Crippen LogP contribution is -2.20. The molecule has 0 radical (unpaired) electrons. The Morgan fingerprint density at radius 1 is 1.35 bits per heavy atom. The minimum absolute atomic E-state index is 0.256. The van der Waals surface area contributed by atoms with E-state index in [1.54, 1.807) is 6.33 Å². The second kappa shape index (κ2) is 5.42. The van der Waals surface area contributed by atoms with Gasteiger partial charge < -0.3 is 5.32 Å². The lowest BCUT2D eigenvalue weighted by Gasteiger charge is -2.16. The normalized spacial score (nSPS) is 12.6. The van der Waals surface area contributed by atoms with E-state index in [-0.39, 0.29) is 6.04 Å². The summed E-state index contributed by atoms with van der Waals surface area (Å²) in [5.74, 6) is 0.979. The molecule has 0 aliphatic rings. The van der Waals surface area contributed by atoms with E-state index in [1.165, 1.54) is 5.56 Å². The first-order chi connectivity index (χ1) is 8.20. The van der Waals surface area contributed by atoms with E-state index in [0.717, 1.165) is 16.7 Å². The van der Waals surface area contributed by atoms with Crippen LogP contribution in [0.5, 0.6) is 0 Å². The highest BCUT2D eigenvalue weighted by atomic mass is 79.9. The van der Waals surface area contributed by atoms with Gasteiger partial charge in [-0.05, 0) is 24.7 Å². The Morgan fingerprint density at radius 3 is 2.59 bits per heavy atom. The smallest absolute Gasteiger partial charge is 0.138 e. The summed E-state index contributed by atoms with van der Waals surface area (Å²) in [4.78, 5) is 4.25. The minimum atomic E-state index is 0.256. The van der Waals surface area contributed by atoms with Gasteiger partial charge in [-0.15, -0.1) is 0 Å². The Balaban J connectivity index is 2.17. The fourth-order valence-corrected chi connectivity index (χ4v) is 2.03. The topological polar surface area (TPSA) is 42.7 Å². The van der Waals surface area contributed by atoms with Crippen LogP contribution in [-0.4, -0.2) is 21.8 Å². The number of nitrogens with zero attached hydrogens (tertiary/aromatic N) is 3. The number of benzene rings is 1. The molecular formula is C12H15BrN4. The van der Waals surface area contributed by atoms with Gasteiger partial charge in [-0.3, -0.25) is 4.68 Å². The van der Waals surface area contributed by atoms with Crippen LogP contribution in [0.15, 0.2) is 35.1 Å². The van der Waals surface area contributed by atoms with Gasteiger partial charge in [0.15, 0.2) is 0 Å². The van der Waals surface area contributed by atoms with E-state index in [1.807, 2.05) is 18.8 Å². The molecule has 1 heterocycles. The molecular weight excluding hydrogens is 280 g/mol. The summed E-state index contributed by atoms with van der Waals surface area (Å²) in [5.41, 5.74) is 1.25. The molecule has 5 heteroatoms. The van der Waals surface area contributed by atoms with Crippen molar-refractivity contribution in [3.63, 3.8) is 0 Å². The highest BCUT2D eigenvalue weighted by Gasteiger charge is 2.12. The second-order valence-electron chi connectivity index (χ2n) is 3.90. The average molecular weight is 295 g/mol. The molecule has 90 valence electrons. The predicted octanol–water partition coefficient (Wildman–Crippen LogP) is 2.08. The lowest BCUT2D eigenvalue weighted by atomic mass is 10.0. The Morgan fingerprint density at radius 2 is 2.06 bits per heavy atom. The van der Waals surface area contributed by atoms with Crippen molar-refractivity contribution in [2.75, 3.05) is 7.05 Å². The Bertz CT molecular complexity index is 478. The quantitative estimate of drug-likeness (QED) is 0.939. The number of rotatable bonds is 4. The van der Waals surface area contributed by atoms with Gasteiger partial charge in [-0.1, -0.05) is 28.1 Å². The molecule has 0 aliphatic heterocycles. The van der Waals surface area contributed by atoms with E-state index in [2.05, 4.69) is 55.6 Å². The summed E-state index contributed by atoms with van der Waals surface area (Å²) in [6.07, 6.45) is 2.41. The van der Waals surface area contributed by atoms with E-state index in [9.17, 15) is 0 Å². The zero-order valence-electron chi connectivity index (χ0n) is 9.89. The van der Waals surface area contributed by atoms with Gasteiger partial charge in [0.25, 0.3) is 0 Å². The maximum Gasteiger partial charge on any atom is 0.138 e. The molecule has 4 nitrogen and oxygen atoms in total. The summed E-state index contributed by atoms with van der Waals surface area (Å²) in [6.45, 7) is 0. The predicted molar refractivity (Wildman–Crippen MR) is 70.6 cm³/mol. The van der Waals surface area contributed by atoms with Crippen LogP contribution in [0.1, 0.15) is 17.4 Å². The summed E-state index contributed by atoms with van der Waals surface area (Å²) < 4.78 is 2.90. The highest BCUT2D eigenvalue weighted by Crippen LogP contribution is 2.19. The molecule has 1 aromatic carbocycles. The van der Waals surface area contributed by atoms with Gasteiger partial charge in [0.2, 0.25) is 0 Å². The Hall–Kier alpha value is -1.20. The van der Waals surface area contributed by atoms with E-state index in [0.29, 0.717) is 0 Å². The van der Waals surface area contributed by atoms with Crippen molar-refractivity contribution in [2.24, 2.45) is 7.05 Å². The van der Waals surface area contributed by atoms with Crippen molar-refractivity contribution in [1.29, 1.82) is 0 Å². The highest BCUT2D eigenvalue weighted by molar-refractivity contribution is 9.10. The molecule has 1 atom stereocenters. The van der Waals surface area contributed by atoms with Gasteiger partial charge in [-0.2, -0.15) is 5.10 Å². The van der Waals surface area contributed by atoms with E-state index in [4.69, 9.17) is 0 Å².